The van der Waals surface area contributed by atoms with Gasteiger partial charge in [0.1, 0.15) is 0 Å². The molecule has 2 aromatic heterocycles. The summed E-state index contributed by atoms with van der Waals surface area (Å²) in [6.07, 6.45) is 8.40. The SMILES string of the molecule is CC.Cc1cn2nc([C@@H]3CCCCN3C(=O)c3cccc(C(C)C#N)c3)cc2cc1C1CC[C@H](N)C1.[HH]. The van der Waals surface area contributed by atoms with E-state index in [0.717, 1.165) is 61.8 Å². The van der Waals surface area contributed by atoms with E-state index in [9.17, 15) is 10.1 Å². The van der Waals surface area contributed by atoms with E-state index in [1.165, 1.54) is 11.1 Å². The average molecular weight is 488 g/mol. The molecule has 1 amide bonds. The van der Waals surface area contributed by atoms with Gasteiger partial charge in [0.05, 0.1) is 29.2 Å². The Hall–Kier alpha value is -3.17. The van der Waals surface area contributed by atoms with Crippen molar-refractivity contribution in [1.82, 2.24) is 14.5 Å². The highest BCUT2D eigenvalue weighted by Crippen LogP contribution is 2.37. The Bertz CT molecular complexity index is 1260. The molecule has 6 nitrogen and oxygen atoms in total. The maximum absolute atomic E-state index is 13.6. The quantitative estimate of drug-likeness (QED) is 0.455. The number of nitrogens with two attached hydrogens (primary N) is 1. The summed E-state index contributed by atoms with van der Waals surface area (Å²) < 4.78 is 1.97. The van der Waals surface area contributed by atoms with E-state index in [2.05, 4.69) is 31.3 Å². The van der Waals surface area contributed by atoms with Crippen molar-refractivity contribution in [3.8, 4) is 6.07 Å². The van der Waals surface area contributed by atoms with E-state index in [-0.39, 0.29) is 19.3 Å². The van der Waals surface area contributed by atoms with Crippen molar-refractivity contribution in [2.24, 2.45) is 5.73 Å². The third-order valence-electron chi connectivity index (χ3n) is 7.70. The minimum Gasteiger partial charge on any atom is -0.330 e. The number of piperidine rings is 1. The average Bonchev–Trinajstić information content (AvgIpc) is 3.54. The second-order valence-corrected chi connectivity index (χ2v) is 10.1. The van der Waals surface area contributed by atoms with Gasteiger partial charge >= 0.3 is 0 Å². The Balaban J connectivity index is 0.00000124. The normalized spacial score (nSPS) is 22.6. The predicted octanol–water partition coefficient (Wildman–Crippen LogP) is 6.50. The van der Waals surface area contributed by atoms with Gasteiger partial charge in [-0.1, -0.05) is 26.0 Å². The lowest BCUT2D eigenvalue weighted by Gasteiger charge is -2.35. The highest BCUT2D eigenvalue weighted by Gasteiger charge is 2.31. The van der Waals surface area contributed by atoms with Gasteiger partial charge in [-0.15, -0.1) is 0 Å². The molecule has 2 aliphatic rings. The number of nitrogens with zero attached hydrogens (tertiary/aromatic N) is 4. The molecule has 2 unspecified atom stereocenters. The standard InChI is InChI=1S/C28H33N5O.C2H6.H2/c1-18(16-29)20-6-5-7-22(12-20)28(34)32-11-4-3-8-27(32)26-15-24-14-25(19(2)17-33(24)31-26)21-9-10-23(30)13-21;1-2;/h5-7,12,14-15,17-18,21,23,27H,3-4,8-11,13,30H2,1-2H3;1-2H3;1H/t18?,21?,23-,27-;;/m0../s1. The van der Waals surface area contributed by atoms with Gasteiger partial charge in [0.25, 0.3) is 5.91 Å². The van der Waals surface area contributed by atoms with Crippen LogP contribution in [0.2, 0.25) is 0 Å². The first-order valence-electron chi connectivity index (χ1n) is 13.5. The van der Waals surface area contributed by atoms with Crippen LogP contribution in [0.3, 0.4) is 0 Å². The number of aryl methyl sites for hydroxylation is 1. The first kappa shape index (κ1) is 25.9. The molecule has 1 aromatic carbocycles. The predicted molar refractivity (Wildman–Crippen MR) is 146 cm³/mol. The number of benzene rings is 1. The number of pyridine rings is 1. The maximum atomic E-state index is 13.6. The van der Waals surface area contributed by atoms with Crippen molar-refractivity contribution >= 4 is 11.4 Å². The molecule has 5 rings (SSSR count). The van der Waals surface area contributed by atoms with Gasteiger partial charge in [-0.25, -0.2) is 4.52 Å². The number of hydrogen-bond donors (Lipinski definition) is 1. The molecule has 0 spiro atoms. The van der Waals surface area contributed by atoms with E-state index in [1.807, 2.05) is 54.5 Å². The topological polar surface area (TPSA) is 87.4 Å². The minimum atomic E-state index is -0.241. The molecule has 4 atom stereocenters. The summed E-state index contributed by atoms with van der Waals surface area (Å²) in [5.41, 5.74) is 12.4. The highest BCUT2D eigenvalue weighted by atomic mass is 16.2. The Kier molecular flexibility index (Phi) is 8.11. The van der Waals surface area contributed by atoms with E-state index in [1.54, 1.807) is 0 Å². The van der Waals surface area contributed by atoms with Crippen molar-refractivity contribution in [1.29, 1.82) is 5.26 Å². The van der Waals surface area contributed by atoms with Gasteiger partial charge in [0, 0.05) is 25.8 Å². The van der Waals surface area contributed by atoms with Crippen molar-refractivity contribution < 1.29 is 6.22 Å². The fourth-order valence-electron chi connectivity index (χ4n) is 5.74. The van der Waals surface area contributed by atoms with E-state index < -0.39 is 0 Å². The first-order valence-corrected chi connectivity index (χ1v) is 13.5. The molecule has 0 bridgehead atoms. The van der Waals surface area contributed by atoms with Crippen molar-refractivity contribution in [2.45, 2.75) is 90.1 Å². The second kappa shape index (κ2) is 11.3. The largest absolute Gasteiger partial charge is 0.330 e. The molecule has 2 fully saturated rings. The Labute approximate surface area is 216 Å². The molecule has 3 heterocycles. The highest BCUT2D eigenvalue weighted by molar-refractivity contribution is 5.94. The first-order chi connectivity index (χ1) is 17.4. The molecule has 3 aromatic rings. The molecule has 1 saturated heterocycles. The van der Waals surface area contributed by atoms with Crippen molar-refractivity contribution in [2.75, 3.05) is 6.54 Å². The van der Waals surface area contributed by atoms with Crippen LogP contribution in [0, 0.1) is 18.3 Å². The third kappa shape index (κ3) is 5.17. The summed E-state index contributed by atoms with van der Waals surface area (Å²) in [6.45, 7) is 8.74. The fraction of sp³-hybridized carbons (Fsp3) is 0.500. The lowest BCUT2D eigenvalue weighted by atomic mass is 9.94. The monoisotopic (exact) mass is 487 g/mol. The van der Waals surface area contributed by atoms with Crippen LogP contribution in [-0.2, 0) is 0 Å². The Morgan fingerprint density at radius 2 is 2.00 bits per heavy atom. The fourth-order valence-corrected chi connectivity index (χ4v) is 5.74. The van der Waals surface area contributed by atoms with E-state index >= 15 is 0 Å². The van der Waals surface area contributed by atoms with Crippen LogP contribution >= 0.6 is 0 Å². The van der Waals surface area contributed by atoms with Crippen molar-refractivity contribution in [3.63, 3.8) is 0 Å². The number of aromatic nitrogens is 2. The number of fused-ring (bicyclic) bond motifs is 1. The van der Waals surface area contributed by atoms with Gasteiger partial charge in [0.2, 0.25) is 0 Å². The Morgan fingerprint density at radius 3 is 2.72 bits per heavy atom. The maximum Gasteiger partial charge on any atom is 0.254 e. The molecule has 0 radical (unpaired) electrons. The lowest BCUT2D eigenvalue weighted by Crippen LogP contribution is -2.38. The summed E-state index contributed by atoms with van der Waals surface area (Å²) in [4.78, 5) is 15.5. The zero-order valence-corrected chi connectivity index (χ0v) is 22.1. The smallest absolute Gasteiger partial charge is 0.254 e. The summed E-state index contributed by atoms with van der Waals surface area (Å²) in [5.74, 6) is 0.301. The lowest BCUT2D eigenvalue weighted by molar-refractivity contribution is 0.0605. The number of rotatable bonds is 4. The van der Waals surface area contributed by atoms with Crippen LogP contribution in [0.5, 0.6) is 0 Å². The molecular weight excluding hydrogens is 446 g/mol. The van der Waals surface area contributed by atoms with Crippen LogP contribution in [0.4, 0.5) is 0 Å². The number of carbonyl (C=O) groups excluding carboxylic acids is 1. The number of amides is 1. The zero-order valence-electron chi connectivity index (χ0n) is 22.1. The van der Waals surface area contributed by atoms with Crippen LogP contribution in [-0.4, -0.2) is 33.0 Å². The molecule has 1 aliphatic heterocycles. The summed E-state index contributed by atoms with van der Waals surface area (Å²) in [5, 5.41) is 14.2. The molecular formula is C30H41N5O. The number of carbonyl (C=O) groups is 1. The van der Waals surface area contributed by atoms with Crippen LogP contribution < -0.4 is 5.73 Å². The number of hydrogen-bond acceptors (Lipinski definition) is 4. The number of likely N-dealkylation sites (tertiary alicyclic amines) is 1. The summed E-state index contributed by atoms with van der Waals surface area (Å²) >= 11 is 0. The van der Waals surface area contributed by atoms with Crippen LogP contribution in [0.25, 0.3) is 5.52 Å². The van der Waals surface area contributed by atoms with Gasteiger partial charge in [-0.05, 0) is 99.2 Å². The second-order valence-electron chi connectivity index (χ2n) is 10.1. The van der Waals surface area contributed by atoms with Gasteiger partial charge in [-0.2, -0.15) is 10.4 Å². The van der Waals surface area contributed by atoms with Crippen LogP contribution in [0.15, 0.2) is 42.6 Å². The van der Waals surface area contributed by atoms with E-state index in [0.29, 0.717) is 17.5 Å². The molecule has 6 heteroatoms. The van der Waals surface area contributed by atoms with Gasteiger partial charge in [0.15, 0.2) is 0 Å². The Morgan fingerprint density at radius 1 is 1.19 bits per heavy atom. The van der Waals surface area contributed by atoms with Gasteiger partial charge in [-0.3, -0.25) is 4.79 Å². The zero-order chi connectivity index (χ0) is 25.8. The third-order valence-corrected chi connectivity index (χ3v) is 7.70. The molecule has 1 saturated carbocycles. The minimum absolute atomic E-state index is 0. The summed E-state index contributed by atoms with van der Waals surface area (Å²) in [7, 11) is 0. The molecule has 1 aliphatic carbocycles. The number of nitriles is 1. The van der Waals surface area contributed by atoms with Crippen molar-refractivity contribution in [3.05, 3.63) is 70.5 Å². The van der Waals surface area contributed by atoms with Crippen LogP contribution in [0.1, 0.15) is 111 Å². The molecule has 36 heavy (non-hydrogen) atoms. The molecule has 192 valence electrons. The van der Waals surface area contributed by atoms with E-state index in [4.69, 9.17) is 10.8 Å². The summed E-state index contributed by atoms with van der Waals surface area (Å²) in [6, 6.07) is 14.5. The van der Waals surface area contributed by atoms with Gasteiger partial charge < -0.3 is 10.6 Å². The molecule has 2 N–H and O–H groups in total.